The van der Waals surface area contributed by atoms with Gasteiger partial charge in [-0.15, -0.1) is 0 Å². The number of nitrogens with one attached hydrogen (secondary N) is 1. The number of amides is 1. The van der Waals surface area contributed by atoms with Crippen LogP contribution in [-0.4, -0.2) is 29.7 Å². The molecule has 106 valence electrons. The summed E-state index contributed by atoms with van der Waals surface area (Å²) in [6, 6.07) is 7.36. The number of ether oxygens (including phenoxy) is 1. The summed E-state index contributed by atoms with van der Waals surface area (Å²) in [5.41, 5.74) is 1.71. The maximum Gasteiger partial charge on any atom is 0.328 e. The van der Waals surface area contributed by atoms with Crippen molar-refractivity contribution in [3.8, 4) is 0 Å². The summed E-state index contributed by atoms with van der Waals surface area (Å²) in [4.78, 5) is 22.3. The highest BCUT2D eigenvalue weighted by Gasteiger charge is 2.22. The lowest BCUT2D eigenvalue weighted by atomic mass is 10.1. The molecule has 2 rings (SSSR count). The minimum Gasteiger partial charge on any atom is -0.478 e. The van der Waals surface area contributed by atoms with Gasteiger partial charge in [0.2, 0.25) is 5.91 Å². The fourth-order valence-corrected chi connectivity index (χ4v) is 2.06. The van der Waals surface area contributed by atoms with Gasteiger partial charge in [0.15, 0.2) is 0 Å². The Morgan fingerprint density at radius 1 is 1.45 bits per heavy atom. The number of benzene rings is 1. The quantitative estimate of drug-likeness (QED) is 0.800. The maximum atomic E-state index is 11.8. The number of hydrogen-bond acceptors (Lipinski definition) is 3. The van der Waals surface area contributed by atoms with Gasteiger partial charge in [0.05, 0.1) is 0 Å². The second-order valence-electron chi connectivity index (χ2n) is 4.64. The van der Waals surface area contributed by atoms with E-state index in [1.165, 1.54) is 6.08 Å². The minimum atomic E-state index is -0.984. The van der Waals surface area contributed by atoms with Crippen molar-refractivity contribution in [3.05, 3.63) is 41.5 Å². The van der Waals surface area contributed by atoms with Gasteiger partial charge >= 0.3 is 5.97 Å². The Balaban J connectivity index is 1.90. The van der Waals surface area contributed by atoms with E-state index in [1.54, 1.807) is 0 Å². The Bertz CT molecular complexity index is 518. The van der Waals surface area contributed by atoms with Gasteiger partial charge in [-0.3, -0.25) is 4.79 Å². The molecular formula is C15H17NO4. The number of carboxylic acid groups (broad SMARTS) is 1. The summed E-state index contributed by atoms with van der Waals surface area (Å²) in [5, 5.41) is 11.4. The maximum absolute atomic E-state index is 11.8. The van der Waals surface area contributed by atoms with Crippen LogP contribution in [0.2, 0.25) is 0 Å². The van der Waals surface area contributed by atoms with Gasteiger partial charge in [-0.2, -0.15) is 0 Å². The van der Waals surface area contributed by atoms with Gasteiger partial charge in [-0.1, -0.05) is 18.2 Å². The molecule has 1 fully saturated rings. The molecule has 1 heterocycles. The first-order valence-corrected chi connectivity index (χ1v) is 6.54. The average Bonchev–Trinajstić information content (AvgIpc) is 2.97. The van der Waals surface area contributed by atoms with Crippen molar-refractivity contribution in [2.75, 3.05) is 6.61 Å². The van der Waals surface area contributed by atoms with Crippen molar-refractivity contribution in [1.82, 2.24) is 5.32 Å². The molecule has 1 aromatic rings. The van der Waals surface area contributed by atoms with E-state index in [2.05, 4.69) is 5.32 Å². The van der Waals surface area contributed by atoms with Crippen LogP contribution in [0.1, 0.15) is 24.0 Å². The summed E-state index contributed by atoms with van der Waals surface area (Å²) < 4.78 is 5.30. The van der Waals surface area contributed by atoms with Gasteiger partial charge in [-0.25, -0.2) is 4.79 Å². The lowest BCUT2D eigenvalue weighted by molar-refractivity contribution is -0.131. The summed E-state index contributed by atoms with van der Waals surface area (Å²) in [7, 11) is 0. The van der Waals surface area contributed by atoms with E-state index in [9.17, 15) is 9.59 Å². The zero-order valence-corrected chi connectivity index (χ0v) is 11.0. The summed E-state index contributed by atoms with van der Waals surface area (Å²) in [6.45, 7) is 1.06. The van der Waals surface area contributed by atoms with Crippen LogP contribution in [0.4, 0.5) is 0 Å². The topological polar surface area (TPSA) is 75.6 Å². The van der Waals surface area contributed by atoms with Crippen LogP contribution in [-0.2, 0) is 20.9 Å². The lowest BCUT2D eigenvalue weighted by Gasteiger charge is -2.10. The number of carbonyl (C=O) groups is 2. The molecule has 0 aromatic heterocycles. The highest BCUT2D eigenvalue weighted by molar-refractivity contribution is 5.85. The molecule has 1 aliphatic rings. The number of aliphatic carboxylic acids is 1. The molecule has 1 amide bonds. The van der Waals surface area contributed by atoms with E-state index < -0.39 is 5.97 Å². The van der Waals surface area contributed by atoms with E-state index in [4.69, 9.17) is 9.84 Å². The SMILES string of the molecule is O=C(O)C=Cc1cccc(CNC(=O)C2CCCO2)c1. The molecular weight excluding hydrogens is 258 g/mol. The minimum absolute atomic E-state index is 0.0889. The largest absolute Gasteiger partial charge is 0.478 e. The zero-order valence-electron chi connectivity index (χ0n) is 11.0. The zero-order chi connectivity index (χ0) is 14.4. The molecule has 0 radical (unpaired) electrons. The Morgan fingerprint density at radius 3 is 3.00 bits per heavy atom. The highest BCUT2D eigenvalue weighted by atomic mass is 16.5. The number of carboxylic acids is 1. The van der Waals surface area contributed by atoms with E-state index in [-0.39, 0.29) is 12.0 Å². The first-order valence-electron chi connectivity index (χ1n) is 6.54. The Morgan fingerprint density at radius 2 is 2.30 bits per heavy atom. The fraction of sp³-hybridized carbons (Fsp3) is 0.333. The van der Waals surface area contributed by atoms with Gasteiger partial charge in [0, 0.05) is 19.2 Å². The molecule has 1 aliphatic heterocycles. The van der Waals surface area contributed by atoms with E-state index in [1.807, 2.05) is 24.3 Å². The van der Waals surface area contributed by atoms with Crippen LogP contribution in [0.5, 0.6) is 0 Å². The first-order chi connectivity index (χ1) is 9.65. The van der Waals surface area contributed by atoms with Crippen LogP contribution in [0.15, 0.2) is 30.3 Å². The van der Waals surface area contributed by atoms with Crippen molar-refractivity contribution < 1.29 is 19.4 Å². The number of hydrogen-bond donors (Lipinski definition) is 2. The smallest absolute Gasteiger partial charge is 0.328 e. The van der Waals surface area contributed by atoms with Gasteiger partial charge in [0.1, 0.15) is 6.10 Å². The third kappa shape index (κ3) is 4.20. The Kier molecular flexibility index (Phi) is 4.90. The monoisotopic (exact) mass is 275 g/mol. The second-order valence-corrected chi connectivity index (χ2v) is 4.64. The predicted octanol–water partition coefficient (Wildman–Crippen LogP) is 1.58. The molecule has 0 bridgehead atoms. The van der Waals surface area contributed by atoms with Crippen LogP contribution >= 0.6 is 0 Å². The van der Waals surface area contributed by atoms with Gasteiger partial charge in [0.25, 0.3) is 0 Å². The number of rotatable bonds is 5. The molecule has 5 nitrogen and oxygen atoms in total. The molecule has 0 saturated carbocycles. The van der Waals surface area contributed by atoms with Crippen molar-refractivity contribution in [3.63, 3.8) is 0 Å². The molecule has 20 heavy (non-hydrogen) atoms. The molecule has 0 spiro atoms. The molecule has 2 N–H and O–H groups in total. The van der Waals surface area contributed by atoms with Crippen molar-refractivity contribution >= 4 is 18.0 Å². The third-order valence-electron chi connectivity index (χ3n) is 3.06. The van der Waals surface area contributed by atoms with Crippen molar-refractivity contribution in [1.29, 1.82) is 0 Å². The normalized spacial score (nSPS) is 18.3. The van der Waals surface area contributed by atoms with Crippen LogP contribution in [0.3, 0.4) is 0 Å². The molecule has 1 aromatic carbocycles. The standard InChI is InChI=1S/C15H17NO4/c17-14(18)7-6-11-3-1-4-12(9-11)10-16-15(19)13-5-2-8-20-13/h1,3-4,6-7,9,13H,2,5,8,10H2,(H,16,19)(H,17,18). The Labute approximate surface area is 117 Å². The Hall–Kier alpha value is -2.14. The average molecular weight is 275 g/mol. The first kappa shape index (κ1) is 14.3. The second kappa shape index (κ2) is 6.86. The van der Waals surface area contributed by atoms with E-state index >= 15 is 0 Å². The molecule has 5 heteroatoms. The highest BCUT2D eigenvalue weighted by Crippen LogP contribution is 2.12. The summed E-state index contributed by atoms with van der Waals surface area (Å²) in [5.74, 6) is -1.07. The number of carbonyl (C=O) groups excluding carboxylic acids is 1. The van der Waals surface area contributed by atoms with Gasteiger partial charge in [-0.05, 0) is 36.1 Å². The van der Waals surface area contributed by atoms with E-state index in [0.29, 0.717) is 13.2 Å². The van der Waals surface area contributed by atoms with Crippen molar-refractivity contribution in [2.45, 2.75) is 25.5 Å². The summed E-state index contributed by atoms with van der Waals surface area (Å²) in [6.07, 6.45) is 3.98. The predicted molar refractivity (Wildman–Crippen MR) is 73.9 cm³/mol. The third-order valence-corrected chi connectivity index (χ3v) is 3.06. The molecule has 1 unspecified atom stereocenters. The molecule has 0 aliphatic carbocycles. The van der Waals surface area contributed by atoms with Crippen LogP contribution in [0, 0.1) is 0 Å². The van der Waals surface area contributed by atoms with E-state index in [0.717, 1.165) is 30.0 Å². The van der Waals surface area contributed by atoms with Gasteiger partial charge < -0.3 is 15.2 Å². The summed E-state index contributed by atoms with van der Waals surface area (Å²) >= 11 is 0. The molecule has 1 saturated heterocycles. The lowest BCUT2D eigenvalue weighted by Crippen LogP contribution is -2.33. The van der Waals surface area contributed by atoms with Crippen LogP contribution < -0.4 is 5.32 Å². The fourth-order valence-electron chi connectivity index (χ4n) is 2.06. The van der Waals surface area contributed by atoms with Crippen molar-refractivity contribution in [2.24, 2.45) is 0 Å². The van der Waals surface area contributed by atoms with Crippen LogP contribution in [0.25, 0.3) is 6.08 Å². The molecule has 1 atom stereocenters.